The van der Waals surface area contributed by atoms with Crippen molar-refractivity contribution in [1.29, 1.82) is 0 Å². The van der Waals surface area contributed by atoms with Crippen LogP contribution in [0.2, 0.25) is 0 Å². The summed E-state index contributed by atoms with van der Waals surface area (Å²) in [5.74, 6) is 0.104. The minimum absolute atomic E-state index is 0.104. The van der Waals surface area contributed by atoms with E-state index >= 15 is 0 Å². The first-order valence-electron chi connectivity index (χ1n) is 6.41. The number of likely N-dealkylation sites (tertiary alicyclic amines) is 1. The fourth-order valence-electron chi connectivity index (χ4n) is 2.24. The van der Waals surface area contributed by atoms with E-state index in [4.69, 9.17) is 9.47 Å². The van der Waals surface area contributed by atoms with E-state index in [1.54, 1.807) is 0 Å². The molecule has 1 amide bonds. The molecule has 2 aliphatic rings. The first-order valence-corrected chi connectivity index (χ1v) is 6.41. The van der Waals surface area contributed by atoms with Crippen molar-refractivity contribution in [2.75, 3.05) is 53.0 Å². The van der Waals surface area contributed by atoms with Crippen LogP contribution >= 0.6 is 0 Å². The van der Waals surface area contributed by atoms with Gasteiger partial charge in [-0.3, -0.25) is 4.79 Å². The smallest absolute Gasteiger partial charge is 0.248 e. The Morgan fingerprint density at radius 3 is 2.53 bits per heavy atom. The quantitative estimate of drug-likeness (QED) is 0.696. The molecule has 17 heavy (non-hydrogen) atoms. The van der Waals surface area contributed by atoms with E-state index < -0.39 is 0 Å². The Morgan fingerprint density at radius 2 is 1.88 bits per heavy atom. The Hall–Kier alpha value is -0.650. The molecule has 5 nitrogen and oxygen atoms in total. The van der Waals surface area contributed by atoms with Crippen LogP contribution < -0.4 is 0 Å². The van der Waals surface area contributed by atoms with Crippen molar-refractivity contribution in [3.8, 4) is 0 Å². The standard InChI is InChI=1S/C12H22N2O3/c1-13-4-2-11(3-5-13)17-10-12(15)14-6-8-16-9-7-14/h11H,2-10H2,1H3. The number of hydrogen-bond acceptors (Lipinski definition) is 4. The molecule has 98 valence electrons. The highest BCUT2D eigenvalue weighted by molar-refractivity contribution is 5.77. The van der Waals surface area contributed by atoms with Crippen LogP contribution in [0.1, 0.15) is 12.8 Å². The molecule has 0 aromatic heterocycles. The van der Waals surface area contributed by atoms with Gasteiger partial charge in [0, 0.05) is 26.2 Å². The molecule has 0 radical (unpaired) electrons. The van der Waals surface area contributed by atoms with Crippen LogP contribution in [0.4, 0.5) is 0 Å². The van der Waals surface area contributed by atoms with Gasteiger partial charge >= 0.3 is 0 Å². The molecular formula is C12H22N2O3. The molecule has 0 aromatic carbocycles. The average Bonchev–Trinajstić information content (AvgIpc) is 2.39. The van der Waals surface area contributed by atoms with E-state index in [-0.39, 0.29) is 18.6 Å². The number of morpholine rings is 1. The summed E-state index contributed by atoms with van der Waals surface area (Å²) in [5.41, 5.74) is 0. The van der Waals surface area contributed by atoms with Crippen LogP contribution in [0.15, 0.2) is 0 Å². The van der Waals surface area contributed by atoms with Crippen molar-refractivity contribution < 1.29 is 14.3 Å². The number of amides is 1. The SMILES string of the molecule is CN1CCC(OCC(=O)N2CCOCC2)CC1. The highest BCUT2D eigenvalue weighted by Crippen LogP contribution is 2.12. The zero-order valence-corrected chi connectivity index (χ0v) is 10.6. The van der Waals surface area contributed by atoms with Crippen LogP contribution in [-0.2, 0) is 14.3 Å². The second kappa shape index (κ2) is 6.33. The molecule has 2 rings (SSSR count). The third-order valence-electron chi connectivity index (χ3n) is 3.47. The Morgan fingerprint density at radius 1 is 1.24 bits per heavy atom. The molecule has 5 heteroatoms. The van der Waals surface area contributed by atoms with Crippen molar-refractivity contribution in [1.82, 2.24) is 9.80 Å². The molecule has 0 aromatic rings. The number of nitrogens with zero attached hydrogens (tertiary/aromatic N) is 2. The Bertz CT molecular complexity index is 246. The highest BCUT2D eigenvalue weighted by atomic mass is 16.5. The first kappa shape index (κ1) is 12.8. The summed E-state index contributed by atoms with van der Waals surface area (Å²) in [7, 11) is 2.12. The fourth-order valence-corrected chi connectivity index (χ4v) is 2.24. The Labute approximate surface area is 103 Å². The van der Waals surface area contributed by atoms with Gasteiger partial charge in [-0.2, -0.15) is 0 Å². The van der Waals surface area contributed by atoms with E-state index in [0.717, 1.165) is 25.9 Å². The molecule has 0 saturated carbocycles. The minimum atomic E-state index is 0.104. The molecule has 0 atom stereocenters. The summed E-state index contributed by atoms with van der Waals surface area (Å²) in [5, 5.41) is 0. The van der Waals surface area contributed by atoms with Crippen molar-refractivity contribution >= 4 is 5.91 Å². The molecule has 2 aliphatic heterocycles. The lowest BCUT2D eigenvalue weighted by molar-refractivity contribution is -0.143. The molecule has 0 unspecified atom stereocenters. The third-order valence-corrected chi connectivity index (χ3v) is 3.47. The van der Waals surface area contributed by atoms with Crippen molar-refractivity contribution in [3.63, 3.8) is 0 Å². The van der Waals surface area contributed by atoms with Gasteiger partial charge in [0.2, 0.25) is 5.91 Å². The zero-order chi connectivity index (χ0) is 12.1. The molecule has 0 bridgehead atoms. The molecular weight excluding hydrogens is 220 g/mol. The van der Waals surface area contributed by atoms with Crippen LogP contribution in [0.25, 0.3) is 0 Å². The lowest BCUT2D eigenvalue weighted by atomic mass is 10.1. The summed E-state index contributed by atoms with van der Waals surface area (Å²) in [4.78, 5) is 16.0. The van der Waals surface area contributed by atoms with Gasteiger partial charge in [-0.15, -0.1) is 0 Å². The van der Waals surface area contributed by atoms with Crippen LogP contribution in [0.3, 0.4) is 0 Å². The lowest BCUT2D eigenvalue weighted by Gasteiger charge is -2.30. The van der Waals surface area contributed by atoms with Crippen molar-refractivity contribution in [2.24, 2.45) is 0 Å². The fraction of sp³-hybridized carbons (Fsp3) is 0.917. The number of carbonyl (C=O) groups is 1. The molecule has 2 fully saturated rings. The number of rotatable bonds is 3. The predicted molar refractivity (Wildman–Crippen MR) is 63.9 cm³/mol. The van der Waals surface area contributed by atoms with E-state index in [0.29, 0.717) is 26.3 Å². The summed E-state index contributed by atoms with van der Waals surface area (Å²) in [6.45, 7) is 5.08. The van der Waals surface area contributed by atoms with Crippen LogP contribution in [0.5, 0.6) is 0 Å². The monoisotopic (exact) mass is 242 g/mol. The van der Waals surface area contributed by atoms with Crippen LogP contribution in [0, 0.1) is 0 Å². The van der Waals surface area contributed by atoms with E-state index in [1.807, 2.05) is 4.90 Å². The second-order valence-electron chi connectivity index (χ2n) is 4.81. The summed E-state index contributed by atoms with van der Waals surface area (Å²) >= 11 is 0. The molecule has 2 heterocycles. The normalized spacial score (nSPS) is 23.9. The largest absolute Gasteiger partial charge is 0.378 e. The van der Waals surface area contributed by atoms with Gasteiger partial charge in [0.1, 0.15) is 6.61 Å². The van der Waals surface area contributed by atoms with E-state index in [2.05, 4.69) is 11.9 Å². The topological polar surface area (TPSA) is 42.0 Å². The maximum absolute atomic E-state index is 11.8. The lowest BCUT2D eigenvalue weighted by Crippen LogP contribution is -2.43. The Balaban J connectivity index is 1.65. The molecule has 0 aliphatic carbocycles. The number of carbonyl (C=O) groups excluding carboxylic acids is 1. The number of hydrogen-bond donors (Lipinski definition) is 0. The van der Waals surface area contributed by atoms with Gasteiger partial charge in [0.05, 0.1) is 19.3 Å². The van der Waals surface area contributed by atoms with Gasteiger partial charge in [-0.05, 0) is 19.9 Å². The zero-order valence-electron chi connectivity index (χ0n) is 10.6. The van der Waals surface area contributed by atoms with Crippen molar-refractivity contribution in [3.05, 3.63) is 0 Å². The summed E-state index contributed by atoms with van der Waals surface area (Å²) in [6, 6.07) is 0. The average molecular weight is 242 g/mol. The third kappa shape index (κ3) is 3.94. The second-order valence-corrected chi connectivity index (χ2v) is 4.81. The van der Waals surface area contributed by atoms with E-state index in [9.17, 15) is 4.79 Å². The highest BCUT2D eigenvalue weighted by Gasteiger charge is 2.21. The van der Waals surface area contributed by atoms with E-state index in [1.165, 1.54) is 0 Å². The van der Waals surface area contributed by atoms with Gasteiger partial charge in [0.25, 0.3) is 0 Å². The number of ether oxygens (including phenoxy) is 2. The molecule has 2 saturated heterocycles. The minimum Gasteiger partial charge on any atom is -0.378 e. The maximum atomic E-state index is 11.8. The van der Waals surface area contributed by atoms with Gasteiger partial charge in [-0.25, -0.2) is 0 Å². The van der Waals surface area contributed by atoms with Crippen molar-refractivity contribution in [2.45, 2.75) is 18.9 Å². The molecule has 0 N–H and O–H groups in total. The first-order chi connectivity index (χ1) is 8.25. The van der Waals surface area contributed by atoms with Gasteiger partial charge < -0.3 is 19.3 Å². The summed E-state index contributed by atoms with van der Waals surface area (Å²) < 4.78 is 10.9. The Kier molecular flexibility index (Phi) is 4.76. The number of piperidine rings is 1. The summed E-state index contributed by atoms with van der Waals surface area (Å²) in [6.07, 6.45) is 2.33. The predicted octanol–water partition coefficient (Wildman–Crippen LogP) is -0.0440. The van der Waals surface area contributed by atoms with Crippen LogP contribution in [-0.4, -0.2) is 74.9 Å². The molecule has 0 spiro atoms. The van der Waals surface area contributed by atoms with Gasteiger partial charge in [-0.1, -0.05) is 0 Å². The maximum Gasteiger partial charge on any atom is 0.248 e. The van der Waals surface area contributed by atoms with Gasteiger partial charge in [0.15, 0.2) is 0 Å².